The van der Waals surface area contributed by atoms with E-state index in [-0.39, 0.29) is 5.78 Å². The van der Waals surface area contributed by atoms with Crippen molar-refractivity contribution in [1.29, 1.82) is 0 Å². The van der Waals surface area contributed by atoms with Crippen molar-refractivity contribution >= 4 is 5.78 Å². The predicted molar refractivity (Wildman–Crippen MR) is 79.2 cm³/mol. The van der Waals surface area contributed by atoms with Gasteiger partial charge >= 0.3 is 0 Å². The molecule has 0 amide bonds. The van der Waals surface area contributed by atoms with E-state index in [2.05, 4.69) is 39.0 Å². The second-order valence-corrected chi connectivity index (χ2v) is 6.38. The molecule has 2 N–H and O–H groups in total. The number of ketones is 1. The van der Waals surface area contributed by atoms with Crippen molar-refractivity contribution in [3.63, 3.8) is 0 Å². The van der Waals surface area contributed by atoms with Crippen LogP contribution in [0.25, 0.3) is 0 Å². The van der Waals surface area contributed by atoms with Crippen molar-refractivity contribution in [1.82, 2.24) is 0 Å². The maximum Gasteiger partial charge on any atom is 0.157 e. The normalized spacial score (nSPS) is 27.3. The summed E-state index contributed by atoms with van der Waals surface area (Å²) in [6.45, 7) is 6.38. The molecule has 1 aliphatic carbocycles. The number of nitrogens with two attached hydrogens (primary N) is 1. The summed E-state index contributed by atoms with van der Waals surface area (Å²) >= 11 is 0. The van der Waals surface area contributed by atoms with Crippen LogP contribution in [0.4, 0.5) is 0 Å². The molecule has 1 fully saturated rings. The lowest BCUT2D eigenvalue weighted by Gasteiger charge is -2.35. The van der Waals surface area contributed by atoms with E-state index < -0.39 is 5.54 Å². The van der Waals surface area contributed by atoms with Gasteiger partial charge in [0.05, 0.1) is 5.54 Å². The first kappa shape index (κ1) is 14.3. The Kier molecular flexibility index (Phi) is 4.10. The maximum atomic E-state index is 12.5. The second-order valence-electron chi connectivity index (χ2n) is 6.38. The van der Waals surface area contributed by atoms with Gasteiger partial charge in [-0.3, -0.25) is 4.79 Å². The lowest BCUT2D eigenvalue weighted by atomic mass is 9.73. The Bertz CT molecular complexity index is 480. The molecule has 0 saturated heterocycles. The van der Waals surface area contributed by atoms with Crippen molar-refractivity contribution in [2.75, 3.05) is 0 Å². The van der Waals surface area contributed by atoms with E-state index in [1.165, 1.54) is 17.5 Å². The first-order valence-corrected chi connectivity index (χ1v) is 7.29. The summed E-state index contributed by atoms with van der Waals surface area (Å²) in [5.41, 5.74) is 9.38. The molecule has 2 nitrogen and oxygen atoms in total. The Morgan fingerprint density at radius 1 is 1.37 bits per heavy atom. The fraction of sp³-hybridized carbons (Fsp3) is 0.588. The van der Waals surface area contributed by atoms with Crippen LogP contribution in [-0.2, 0) is 11.2 Å². The minimum absolute atomic E-state index is 0.210. The topological polar surface area (TPSA) is 43.1 Å². The van der Waals surface area contributed by atoms with Crippen LogP contribution in [0.15, 0.2) is 18.2 Å². The SMILES string of the molecule is Cc1ccc(CC(=O)C2(N)CCCC(C)C2)cc1C. The number of benzene rings is 1. The Hall–Kier alpha value is -1.15. The van der Waals surface area contributed by atoms with Gasteiger partial charge in [0.25, 0.3) is 0 Å². The first-order valence-electron chi connectivity index (χ1n) is 7.29. The summed E-state index contributed by atoms with van der Waals surface area (Å²) < 4.78 is 0. The Morgan fingerprint density at radius 3 is 2.74 bits per heavy atom. The highest BCUT2D eigenvalue weighted by Crippen LogP contribution is 2.31. The summed E-state index contributed by atoms with van der Waals surface area (Å²) in [5, 5.41) is 0. The van der Waals surface area contributed by atoms with Gasteiger partial charge in [-0.2, -0.15) is 0 Å². The standard InChI is InChI=1S/C17H25NO/c1-12-5-4-8-17(18,11-12)16(19)10-15-7-6-13(2)14(3)9-15/h6-7,9,12H,4-5,8,10-11,18H2,1-3H3. The van der Waals surface area contributed by atoms with Crippen LogP contribution >= 0.6 is 0 Å². The lowest BCUT2D eigenvalue weighted by molar-refractivity contribution is -0.125. The van der Waals surface area contributed by atoms with E-state index in [9.17, 15) is 4.79 Å². The van der Waals surface area contributed by atoms with Gasteiger partial charge in [-0.05, 0) is 49.3 Å². The number of Topliss-reactive ketones (excluding diaryl/α,β-unsaturated/α-hetero) is 1. The van der Waals surface area contributed by atoms with Crippen LogP contribution in [0.1, 0.15) is 49.3 Å². The first-order chi connectivity index (χ1) is 8.90. The zero-order chi connectivity index (χ0) is 14.0. The van der Waals surface area contributed by atoms with Gasteiger partial charge in [0.1, 0.15) is 0 Å². The number of carbonyl (C=O) groups is 1. The van der Waals surface area contributed by atoms with Crippen LogP contribution in [-0.4, -0.2) is 11.3 Å². The quantitative estimate of drug-likeness (QED) is 0.905. The van der Waals surface area contributed by atoms with Gasteiger partial charge in [-0.15, -0.1) is 0 Å². The molecule has 104 valence electrons. The number of carbonyl (C=O) groups excluding carboxylic acids is 1. The summed E-state index contributed by atoms with van der Waals surface area (Å²) in [7, 11) is 0. The van der Waals surface area contributed by atoms with Crippen LogP contribution in [0, 0.1) is 19.8 Å². The van der Waals surface area contributed by atoms with Crippen molar-refractivity contribution in [3.8, 4) is 0 Å². The molecule has 0 aliphatic heterocycles. The van der Waals surface area contributed by atoms with Crippen molar-refractivity contribution in [2.45, 2.75) is 58.4 Å². The predicted octanol–water partition coefficient (Wildman–Crippen LogP) is 3.32. The number of aryl methyl sites for hydroxylation is 2. The van der Waals surface area contributed by atoms with Gasteiger partial charge in [0, 0.05) is 6.42 Å². The average Bonchev–Trinajstić information content (AvgIpc) is 2.33. The minimum Gasteiger partial charge on any atom is -0.319 e. The van der Waals surface area contributed by atoms with E-state index in [4.69, 9.17) is 5.73 Å². The average molecular weight is 259 g/mol. The third kappa shape index (κ3) is 3.24. The van der Waals surface area contributed by atoms with Crippen molar-refractivity contribution in [2.24, 2.45) is 11.7 Å². The molecule has 2 unspecified atom stereocenters. The largest absolute Gasteiger partial charge is 0.319 e. The molecule has 0 heterocycles. The molecule has 0 aromatic heterocycles. The minimum atomic E-state index is -0.587. The molecule has 0 spiro atoms. The van der Waals surface area contributed by atoms with Crippen LogP contribution in [0.2, 0.25) is 0 Å². The zero-order valence-corrected chi connectivity index (χ0v) is 12.3. The molecule has 1 aliphatic rings. The summed E-state index contributed by atoms with van der Waals surface area (Å²) in [6.07, 6.45) is 4.45. The number of hydrogen-bond acceptors (Lipinski definition) is 2. The fourth-order valence-electron chi connectivity index (χ4n) is 3.12. The molecule has 2 rings (SSSR count). The third-order valence-corrected chi connectivity index (χ3v) is 4.52. The Balaban J connectivity index is 2.09. The lowest BCUT2D eigenvalue weighted by Crippen LogP contribution is -2.51. The third-order valence-electron chi connectivity index (χ3n) is 4.52. The molecule has 2 atom stereocenters. The molecule has 0 radical (unpaired) electrons. The molecule has 1 aromatic carbocycles. The summed E-state index contributed by atoms with van der Waals surface area (Å²) in [4.78, 5) is 12.5. The summed E-state index contributed by atoms with van der Waals surface area (Å²) in [5.74, 6) is 0.782. The highest BCUT2D eigenvalue weighted by molar-refractivity contribution is 5.90. The van der Waals surface area contributed by atoms with E-state index in [0.29, 0.717) is 12.3 Å². The number of rotatable bonds is 3. The maximum absolute atomic E-state index is 12.5. The van der Waals surface area contributed by atoms with Crippen LogP contribution < -0.4 is 5.73 Å². The number of hydrogen-bond donors (Lipinski definition) is 1. The summed E-state index contributed by atoms with van der Waals surface area (Å²) in [6, 6.07) is 6.25. The molecule has 19 heavy (non-hydrogen) atoms. The van der Waals surface area contributed by atoms with Crippen molar-refractivity contribution in [3.05, 3.63) is 34.9 Å². The zero-order valence-electron chi connectivity index (χ0n) is 12.3. The van der Waals surface area contributed by atoms with E-state index in [1.54, 1.807) is 0 Å². The highest BCUT2D eigenvalue weighted by atomic mass is 16.1. The van der Waals surface area contributed by atoms with E-state index >= 15 is 0 Å². The second kappa shape index (κ2) is 5.46. The van der Waals surface area contributed by atoms with Gasteiger partial charge in [-0.25, -0.2) is 0 Å². The monoisotopic (exact) mass is 259 g/mol. The Morgan fingerprint density at radius 2 is 2.11 bits per heavy atom. The van der Waals surface area contributed by atoms with Gasteiger partial charge in [0.2, 0.25) is 0 Å². The fourth-order valence-corrected chi connectivity index (χ4v) is 3.12. The Labute approximate surface area is 116 Å². The molecular weight excluding hydrogens is 234 g/mol. The molecular formula is C17H25NO. The van der Waals surface area contributed by atoms with Crippen LogP contribution in [0.3, 0.4) is 0 Å². The molecule has 1 aromatic rings. The highest BCUT2D eigenvalue weighted by Gasteiger charge is 2.37. The van der Waals surface area contributed by atoms with E-state index in [1.807, 2.05) is 0 Å². The van der Waals surface area contributed by atoms with Gasteiger partial charge in [-0.1, -0.05) is 38.0 Å². The van der Waals surface area contributed by atoms with Crippen molar-refractivity contribution < 1.29 is 4.79 Å². The molecule has 2 heteroatoms. The van der Waals surface area contributed by atoms with Crippen LogP contribution in [0.5, 0.6) is 0 Å². The van der Waals surface area contributed by atoms with Gasteiger partial charge in [0.15, 0.2) is 5.78 Å². The van der Waals surface area contributed by atoms with Gasteiger partial charge < -0.3 is 5.73 Å². The smallest absolute Gasteiger partial charge is 0.157 e. The molecule has 1 saturated carbocycles. The van der Waals surface area contributed by atoms with E-state index in [0.717, 1.165) is 24.8 Å². The molecule has 0 bridgehead atoms.